The third kappa shape index (κ3) is 20.1. The van der Waals surface area contributed by atoms with Crippen LogP contribution in [-0.2, 0) is 4.79 Å². The molecule has 0 bridgehead atoms. The van der Waals surface area contributed by atoms with Crippen LogP contribution in [0.25, 0.3) is 0 Å². The van der Waals surface area contributed by atoms with Crippen LogP contribution in [0.5, 0.6) is 0 Å². The lowest BCUT2D eigenvalue weighted by molar-refractivity contribution is -0.121. The van der Waals surface area contributed by atoms with Gasteiger partial charge in [0.15, 0.2) is 0 Å². The molecule has 4 N–H and O–H groups in total. The summed E-state index contributed by atoms with van der Waals surface area (Å²) >= 11 is 0. The Morgan fingerprint density at radius 3 is 2.17 bits per heavy atom. The first kappa shape index (κ1) is 28.1. The summed E-state index contributed by atoms with van der Waals surface area (Å²) in [6, 6.07) is 0. The molecule has 0 fully saturated rings. The third-order valence-electron chi connectivity index (χ3n) is 5.01. The van der Waals surface area contributed by atoms with Crippen molar-refractivity contribution in [3.05, 3.63) is 12.2 Å². The van der Waals surface area contributed by atoms with Gasteiger partial charge in [0.1, 0.15) is 0 Å². The lowest BCUT2D eigenvalue weighted by Gasteiger charge is -2.23. The van der Waals surface area contributed by atoms with E-state index >= 15 is 0 Å². The molecule has 0 aromatic rings. The second-order valence-electron chi connectivity index (χ2n) is 7.84. The molecule has 1 amide bonds. The minimum absolute atomic E-state index is 0.0131. The largest absolute Gasteiger partial charge is 0.395 e. The van der Waals surface area contributed by atoms with Gasteiger partial charge in [-0.2, -0.15) is 0 Å². The number of hydrogen-bond acceptors (Lipinski definition) is 5. The van der Waals surface area contributed by atoms with Crippen molar-refractivity contribution < 1.29 is 20.1 Å². The zero-order chi connectivity index (χ0) is 21.6. The number of unbranched alkanes of at least 4 members (excludes halogenated alkanes) is 9. The highest BCUT2D eigenvalue weighted by Gasteiger charge is 2.10. The van der Waals surface area contributed by atoms with Crippen LogP contribution in [0.4, 0.5) is 0 Å². The van der Waals surface area contributed by atoms with E-state index in [9.17, 15) is 9.90 Å². The van der Waals surface area contributed by atoms with Crippen LogP contribution < -0.4 is 5.32 Å². The lowest BCUT2D eigenvalue weighted by Crippen LogP contribution is -2.41. The molecule has 0 heterocycles. The molecule has 6 heteroatoms. The molecule has 1 atom stereocenters. The van der Waals surface area contributed by atoms with Gasteiger partial charge in [0.2, 0.25) is 5.91 Å². The fourth-order valence-corrected chi connectivity index (χ4v) is 3.24. The normalized spacial score (nSPS) is 12.7. The molecule has 0 aromatic heterocycles. The molecule has 0 rings (SSSR count). The maximum Gasteiger partial charge on any atom is 0.220 e. The molecular formula is C23H46N2O4. The molecule has 0 aromatic carbocycles. The number of hydrogen-bond donors (Lipinski definition) is 4. The van der Waals surface area contributed by atoms with E-state index in [1.54, 1.807) is 0 Å². The summed E-state index contributed by atoms with van der Waals surface area (Å²) in [6.45, 7) is 3.68. The standard InChI is InChI=1S/C23H46N2O4/c1-2-3-4-5-6-7-8-9-10-11-12-13-14-15-23(29)24-16-17-25(18-19-26)20-22(28)21-27/h7-8,22,26-28H,2-6,9-21H2,1H3,(H,24,29)/b8-7-. The number of aliphatic hydroxyl groups excluding tert-OH is 3. The number of aliphatic hydroxyl groups is 3. The van der Waals surface area contributed by atoms with E-state index in [1.165, 1.54) is 57.8 Å². The SMILES string of the molecule is CCCCCC/C=C\CCCCCCCC(=O)NCCN(CCO)CC(O)CO. The topological polar surface area (TPSA) is 93.0 Å². The van der Waals surface area contributed by atoms with E-state index in [0.29, 0.717) is 32.6 Å². The first-order valence-electron chi connectivity index (χ1n) is 11.7. The number of rotatable bonds is 21. The Morgan fingerprint density at radius 1 is 0.931 bits per heavy atom. The maximum atomic E-state index is 11.9. The van der Waals surface area contributed by atoms with Gasteiger partial charge in [-0.3, -0.25) is 9.69 Å². The van der Waals surface area contributed by atoms with Crippen LogP contribution in [0.3, 0.4) is 0 Å². The molecule has 0 aliphatic carbocycles. The molecule has 172 valence electrons. The molecule has 0 saturated heterocycles. The highest BCUT2D eigenvalue weighted by Crippen LogP contribution is 2.09. The van der Waals surface area contributed by atoms with Crippen LogP contribution in [0, 0.1) is 0 Å². The van der Waals surface area contributed by atoms with Crippen molar-refractivity contribution in [3.8, 4) is 0 Å². The maximum absolute atomic E-state index is 11.9. The van der Waals surface area contributed by atoms with Crippen LogP contribution in [-0.4, -0.2) is 71.6 Å². The van der Waals surface area contributed by atoms with E-state index in [2.05, 4.69) is 24.4 Å². The molecule has 0 radical (unpaired) electrons. The summed E-state index contributed by atoms with van der Waals surface area (Å²) < 4.78 is 0. The van der Waals surface area contributed by atoms with Crippen LogP contribution in [0.1, 0.15) is 84.0 Å². The predicted octanol–water partition coefficient (Wildman–Crippen LogP) is 3.01. The summed E-state index contributed by atoms with van der Waals surface area (Å²) in [7, 11) is 0. The highest BCUT2D eigenvalue weighted by molar-refractivity contribution is 5.75. The van der Waals surface area contributed by atoms with Gasteiger partial charge in [0.05, 0.1) is 19.3 Å². The van der Waals surface area contributed by atoms with Crippen molar-refractivity contribution in [2.24, 2.45) is 0 Å². The van der Waals surface area contributed by atoms with E-state index in [-0.39, 0.29) is 19.1 Å². The first-order valence-corrected chi connectivity index (χ1v) is 11.7. The highest BCUT2D eigenvalue weighted by atomic mass is 16.3. The molecule has 0 spiro atoms. The van der Waals surface area contributed by atoms with Gasteiger partial charge >= 0.3 is 0 Å². The number of allylic oxidation sites excluding steroid dienone is 2. The van der Waals surface area contributed by atoms with Crippen molar-refractivity contribution in [2.75, 3.05) is 39.4 Å². The molecule has 6 nitrogen and oxygen atoms in total. The summed E-state index contributed by atoms with van der Waals surface area (Å²) in [5, 5.41) is 30.3. The van der Waals surface area contributed by atoms with Gasteiger partial charge in [-0.15, -0.1) is 0 Å². The molecule has 0 saturated carbocycles. The number of carbonyl (C=O) groups is 1. The van der Waals surface area contributed by atoms with Crippen molar-refractivity contribution >= 4 is 5.91 Å². The average Bonchev–Trinajstić information content (AvgIpc) is 2.71. The van der Waals surface area contributed by atoms with Gasteiger partial charge in [-0.05, 0) is 32.1 Å². The Bertz CT molecular complexity index is 391. The van der Waals surface area contributed by atoms with Crippen molar-refractivity contribution in [1.82, 2.24) is 10.2 Å². The zero-order valence-corrected chi connectivity index (χ0v) is 18.7. The summed E-state index contributed by atoms with van der Waals surface area (Å²) in [5.74, 6) is 0.0580. The molecule has 29 heavy (non-hydrogen) atoms. The Labute approximate surface area is 178 Å². The van der Waals surface area contributed by atoms with Crippen molar-refractivity contribution in [1.29, 1.82) is 0 Å². The molecule has 0 aliphatic rings. The van der Waals surface area contributed by atoms with Crippen LogP contribution in [0.15, 0.2) is 12.2 Å². The third-order valence-corrected chi connectivity index (χ3v) is 5.01. The second-order valence-corrected chi connectivity index (χ2v) is 7.84. The van der Waals surface area contributed by atoms with Crippen LogP contribution >= 0.6 is 0 Å². The summed E-state index contributed by atoms with van der Waals surface area (Å²) in [6.07, 6.45) is 17.7. The molecular weight excluding hydrogens is 368 g/mol. The number of carbonyl (C=O) groups excluding carboxylic acids is 1. The quantitative estimate of drug-likeness (QED) is 0.171. The Balaban J connectivity index is 3.52. The number of nitrogens with zero attached hydrogens (tertiary/aromatic N) is 1. The fraction of sp³-hybridized carbons (Fsp3) is 0.870. The Kier molecular flexibility index (Phi) is 21.0. The van der Waals surface area contributed by atoms with E-state index < -0.39 is 6.10 Å². The van der Waals surface area contributed by atoms with Gasteiger partial charge < -0.3 is 20.6 Å². The molecule has 1 unspecified atom stereocenters. The first-order chi connectivity index (χ1) is 14.1. The molecule has 0 aliphatic heterocycles. The Morgan fingerprint density at radius 2 is 1.55 bits per heavy atom. The minimum atomic E-state index is -0.821. The summed E-state index contributed by atoms with van der Waals surface area (Å²) in [5.41, 5.74) is 0. The van der Waals surface area contributed by atoms with E-state index in [4.69, 9.17) is 10.2 Å². The van der Waals surface area contributed by atoms with Gasteiger partial charge in [-0.1, -0.05) is 57.6 Å². The fourth-order valence-electron chi connectivity index (χ4n) is 3.24. The van der Waals surface area contributed by atoms with Crippen LogP contribution in [0.2, 0.25) is 0 Å². The smallest absolute Gasteiger partial charge is 0.220 e. The number of nitrogens with one attached hydrogen (secondary N) is 1. The lowest BCUT2D eigenvalue weighted by atomic mass is 10.1. The van der Waals surface area contributed by atoms with Crippen molar-refractivity contribution in [2.45, 2.75) is 90.1 Å². The predicted molar refractivity (Wildman–Crippen MR) is 120 cm³/mol. The monoisotopic (exact) mass is 414 g/mol. The average molecular weight is 415 g/mol. The van der Waals surface area contributed by atoms with Gasteiger partial charge in [-0.25, -0.2) is 0 Å². The van der Waals surface area contributed by atoms with E-state index in [0.717, 1.165) is 12.8 Å². The second kappa shape index (κ2) is 21.8. The number of amides is 1. The van der Waals surface area contributed by atoms with E-state index in [1.807, 2.05) is 4.90 Å². The van der Waals surface area contributed by atoms with Gasteiger partial charge in [0, 0.05) is 32.6 Å². The van der Waals surface area contributed by atoms with Crippen molar-refractivity contribution in [3.63, 3.8) is 0 Å². The minimum Gasteiger partial charge on any atom is -0.395 e. The van der Waals surface area contributed by atoms with Gasteiger partial charge in [0.25, 0.3) is 0 Å². The Hall–Kier alpha value is -0.950. The summed E-state index contributed by atoms with van der Waals surface area (Å²) in [4.78, 5) is 13.7. The zero-order valence-electron chi connectivity index (χ0n) is 18.7.